The molecule has 0 amide bonds. The van der Waals surface area contributed by atoms with Crippen LogP contribution in [-0.4, -0.2) is 13.2 Å². The molecule has 0 aliphatic heterocycles. The molecule has 0 radical (unpaired) electrons. The summed E-state index contributed by atoms with van der Waals surface area (Å²) in [6, 6.07) is 92.0. The minimum Gasteiger partial charge on any atom is -1.00 e. The van der Waals surface area contributed by atoms with Crippen LogP contribution >= 0.6 is 14.5 Å². The van der Waals surface area contributed by atoms with Crippen molar-refractivity contribution in [3.63, 3.8) is 0 Å². The van der Waals surface area contributed by atoms with Crippen LogP contribution in [0.5, 0.6) is 11.5 Å². The maximum atomic E-state index is 7.21. The van der Waals surface area contributed by atoms with Crippen molar-refractivity contribution in [3.8, 4) is 22.6 Å². The van der Waals surface area contributed by atoms with Gasteiger partial charge in [0.25, 0.3) is 0 Å². The molecule has 6 heteroatoms. The van der Waals surface area contributed by atoms with E-state index >= 15 is 0 Å². The van der Waals surface area contributed by atoms with Crippen LogP contribution < -0.4 is 75.3 Å². The zero-order valence-corrected chi connectivity index (χ0v) is 57.5. The Morgan fingerprint density at radius 2 is 0.625 bits per heavy atom. The lowest BCUT2D eigenvalue weighted by molar-refractivity contribution is -0.001000. The largest absolute Gasteiger partial charge is 1.00 e. The van der Waals surface area contributed by atoms with Gasteiger partial charge < -0.3 is 43.4 Å². The highest BCUT2D eigenvalue weighted by atomic mass is 79.9. The fourth-order valence-electron chi connectivity index (χ4n) is 13.3. The second-order valence-electron chi connectivity index (χ2n) is 24.0. The molecule has 0 aliphatic rings. The summed E-state index contributed by atoms with van der Waals surface area (Å²) < 4.78 is 14.0. The Balaban J connectivity index is 0.00000501. The molecule has 0 heterocycles. The van der Waals surface area contributed by atoms with E-state index in [1.165, 1.54) is 186 Å². The van der Waals surface area contributed by atoms with Crippen molar-refractivity contribution in [2.24, 2.45) is 0 Å². The number of rotatable bonds is 35. The van der Waals surface area contributed by atoms with Crippen LogP contribution in [0.1, 0.15) is 153 Å². The normalized spacial score (nSPS) is 11.5. The maximum absolute atomic E-state index is 7.21. The van der Waals surface area contributed by atoms with Gasteiger partial charge in [0.1, 0.15) is 57.9 Å². The van der Waals surface area contributed by atoms with E-state index in [1.807, 2.05) is 0 Å². The number of halogens is 2. The predicted octanol–water partition coefficient (Wildman–Crippen LogP) is 15.3. The molecule has 0 saturated heterocycles. The van der Waals surface area contributed by atoms with Crippen LogP contribution in [0, 0.1) is 0 Å². The summed E-state index contributed by atoms with van der Waals surface area (Å²) in [6.45, 7) is 6.00. The first-order valence-electron chi connectivity index (χ1n) is 33.1. The van der Waals surface area contributed by atoms with E-state index in [4.69, 9.17) is 9.47 Å². The Morgan fingerprint density at radius 1 is 0.284 bits per heavy atom. The molecular formula is C82H94Br2O2P2. The van der Waals surface area contributed by atoms with Gasteiger partial charge in [-0.1, -0.05) is 263 Å². The molecule has 458 valence electrons. The third-order valence-electron chi connectivity index (χ3n) is 17.8. The van der Waals surface area contributed by atoms with Crippen molar-refractivity contribution >= 4 is 67.9 Å². The van der Waals surface area contributed by atoms with E-state index in [1.54, 1.807) is 0 Å². The lowest BCUT2D eigenvalue weighted by Crippen LogP contribution is -3.00. The minimum atomic E-state index is -2.27. The monoisotopic (exact) mass is 1330 g/mol. The molecule has 0 aliphatic carbocycles. The first-order valence-corrected chi connectivity index (χ1v) is 37.0. The molecule has 0 bridgehead atoms. The van der Waals surface area contributed by atoms with Gasteiger partial charge in [0.15, 0.2) is 0 Å². The summed E-state index contributed by atoms with van der Waals surface area (Å²) in [5.41, 5.74) is 5.01. The smallest absolute Gasteiger partial charge is 0.127 e. The lowest BCUT2D eigenvalue weighted by atomic mass is 9.91. The molecule has 10 aromatic carbocycles. The van der Waals surface area contributed by atoms with Gasteiger partial charge in [-0.15, -0.1) is 0 Å². The zero-order valence-electron chi connectivity index (χ0n) is 52.5. The third-order valence-corrected chi connectivity index (χ3v) is 26.6. The molecular weight excluding hydrogens is 1240 g/mol. The molecule has 88 heavy (non-hydrogen) atoms. The van der Waals surface area contributed by atoms with Crippen LogP contribution in [0.25, 0.3) is 32.7 Å². The highest BCUT2D eigenvalue weighted by Gasteiger charge is 2.47. The molecule has 0 saturated carbocycles. The molecule has 0 spiro atoms. The number of hydrogen-bond acceptors (Lipinski definition) is 2. The van der Waals surface area contributed by atoms with Crippen molar-refractivity contribution in [3.05, 3.63) is 254 Å². The van der Waals surface area contributed by atoms with Crippen molar-refractivity contribution < 1.29 is 43.4 Å². The van der Waals surface area contributed by atoms with Gasteiger partial charge in [0.2, 0.25) is 0 Å². The zero-order chi connectivity index (χ0) is 58.9. The molecule has 0 unspecified atom stereocenters. The van der Waals surface area contributed by atoms with Crippen molar-refractivity contribution in [2.75, 3.05) is 13.2 Å². The third kappa shape index (κ3) is 17.5. The molecule has 0 atom stereocenters. The summed E-state index contributed by atoms with van der Waals surface area (Å²) in [7, 11) is -4.44. The number of benzene rings is 10. The average molecular weight is 1330 g/mol. The Labute approximate surface area is 551 Å². The van der Waals surface area contributed by atoms with Crippen LogP contribution in [0.3, 0.4) is 0 Å². The van der Waals surface area contributed by atoms with Crippen molar-refractivity contribution in [1.29, 1.82) is 0 Å². The minimum absolute atomic E-state index is 0. The van der Waals surface area contributed by atoms with Crippen molar-refractivity contribution in [1.82, 2.24) is 0 Å². The van der Waals surface area contributed by atoms with E-state index in [2.05, 4.69) is 257 Å². The highest BCUT2D eigenvalue weighted by molar-refractivity contribution is 7.95. The Kier molecular flexibility index (Phi) is 27.9. The topological polar surface area (TPSA) is 18.5 Å². The first kappa shape index (κ1) is 68.1. The van der Waals surface area contributed by atoms with Gasteiger partial charge in [-0.3, -0.25) is 0 Å². The van der Waals surface area contributed by atoms with Gasteiger partial charge >= 0.3 is 0 Å². The molecule has 0 fully saturated rings. The number of hydrogen-bond donors (Lipinski definition) is 0. The van der Waals surface area contributed by atoms with Gasteiger partial charge in [-0.05, 0) is 160 Å². The van der Waals surface area contributed by atoms with E-state index in [0.29, 0.717) is 6.61 Å². The molecule has 10 rings (SSSR count). The number of unbranched alkanes of at least 4 members (excludes halogenated alkanes) is 18. The van der Waals surface area contributed by atoms with E-state index < -0.39 is 14.5 Å². The lowest BCUT2D eigenvalue weighted by Gasteiger charge is -2.28. The van der Waals surface area contributed by atoms with Crippen LogP contribution in [0.15, 0.2) is 243 Å². The molecule has 2 nitrogen and oxygen atoms in total. The Bertz CT molecular complexity index is 3390. The summed E-state index contributed by atoms with van der Waals surface area (Å²) in [6.07, 6.45) is 27.7. The van der Waals surface area contributed by atoms with Gasteiger partial charge in [-0.2, -0.15) is 0 Å². The van der Waals surface area contributed by atoms with Gasteiger partial charge in [-0.25, -0.2) is 0 Å². The summed E-state index contributed by atoms with van der Waals surface area (Å²) in [5.74, 6) is 1.88. The Morgan fingerprint density at radius 3 is 1.03 bits per heavy atom. The second-order valence-corrected chi connectivity index (χ2v) is 31.0. The quantitative estimate of drug-likeness (QED) is 0.0291. The Hall–Kier alpha value is -5.86. The van der Waals surface area contributed by atoms with E-state index in [0.717, 1.165) is 48.8 Å². The van der Waals surface area contributed by atoms with E-state index in [9.17, 15) is 0 Å². The van der Waals surface area contributed by atoms with Crippen LogP contribution in [0.4, 0.5) is 0 Å². The highest BCUT2D eigenvalue weighted by Crippen LogP contribution is 2.60. The number of ether oxygens (including phenoxy) is 2. The molecule has 10 aromatic rings. The standard InChI is InChI=1S/C82H94O2P2.2BrH/c1-3-5-7-9-11-13-15-17-19-39-59-83-71-56-54-70-62-68(66-86(75-47-33-24-34-48-75,76-49-35-25-36-50-76)77-51-37-26-38-52-77)63-80(79(70)64-71)82-78-57-53-67(61-69(78)55-58-81(82)84-60-40-20-18-16-14-12-10-8-6-4-2)65-85(72-41-27-21-28-42-72,73-43-29-22-30-44-73)74-45-31-23-32-46-74;;/h21-38,41-58,61-64H,3-20,39-40,59-60,65-66H2,1-2H3;2*1H/q+2;;/p-2. The molecule has 0 aromatic heterocycles. The summed E-state index contributed by atoms with van der Waals surface area (Å²) in [5, 5.41) is 13.2. The predicted molar refractivity (Wildman–Crippen MR) is 379 cm³/mol. The van der Waals surface area contributed by atoms with Crippen LogP contribution in [-0.2, 0) is 12.3 Å². The first-order chi connectivity index (χ1) is 42.6. The maximum Gasteiger partial charge on any atom is 0.127 e. The van der Waals surface area contributed by atoms with E-state index in [-0.39, 0.29) is 34.0 Å². The summed E-state index contributed by atoms with van der Waals surface area (Å²) in [4.78, 5) is 0. The fraction of sp³-hybridized carbons (Fsp3) is 0.317. The van der Waals surface area contributed by atoms with Crippen LogP contribution in [0.2, 0.25) is 0 Å². The van der Waals surface area contributed by atoms with Crippen molar-refractivity contribution in [2.45, 2.75) is 155 Å². The average Bonchev–Trinajstić information content (AvgIpc) is 1.03. The second kappa shape index (κ2) is 36.1. The number of fused-ring (bicyclic) bond motifs is 2. The van der Waals surface area contributed by atoms with Gasteiger partial charge in [0, 0.05) is 5.56 Å². The SMILES string of the molecule is CCCCCCCCCCCCOc1ccc2cc(C[P+](c3ccccc3)(c3ccccc3)c3ccccc3)cc(-c3c(OCCCCCCCCCCCC)ccc4cc(C[P+](c5ccccc5)(c5ccccc5)c5ccccc5)ccc34)c2c1.[Br-].[Br-]. The molecule has 0 N–H and O–H groups in total. The van der Waals surface area contributed by atoms with Gasteiger partial charge in [0.05, 0.1) is 25.5 Å². The fourth-order valence-corrected chi connectivity index (χ4v) is 21.7. The summed E-state index contributed by atoms with van der Waals surface area (Å²) >= 11 is 0.